The lowest BCUT2D eigenvalue weighted by Crippen LogP contribution is -2.35. The minimum absolute atomic E-state index is 0.220. The molecule has 0 aliphatic carbocycles. The standard InChI is InChI=1S/C10H16N2O/c1-2-6-10(13,8-11)9-5-3-4-7-12-9/h3-5,7,13H,2,6,8,11H2,1H3. The molecule has 0 saturated carbocycles. The fraction of sp³-hybridized carbons (Fsp3) is 0.500. The van der Waals surface area contributed by atoms with Crippen LogP contribution < -0.4 is 5.73 Å². The third-order valence-electron chi connectivity index (χ3n) is 2.14. The molecule has 1 heterocycles. The first-order valence-corrected chi connectivity index (χ1v) is 4.57. The van der Waals surface area contributed by atoms with E-state index in [0.29, 0.717) is 12.1 Å². The third-order valence-corrected chi connectivity index (χ3v) is 2.14. The van der Waals surface area contributed by atoms with Gasteiger partial charge in [-0.05, 0) is 18.6 Å². The SMILES string of the molecule is CCCC(O)(CN)c1ccccn1. The third kappa shape index (κ3) is 2.26. The molecule has 1 rings (SSSR count). The first kappa shape index (κ1) is 10.2. The smallest absolute Gasteiger partial charge is 0.119 e. The maximum Gasteiger partial charge on any atom is 0.119 e. The van der Waals surface area contributed by atoms with E-state index in [1.165, 1.54) is 0 Å². The number of aliphatic hydroxyl groups is 1. The molecule has 0 bridgehead atoms. The number of hydrogen-bond acceptors (Lipinski definition) is 3. The van der Waals surface area contributed by atoms with E-state index in [4.69, 9.17) is 5.73 Å². The zero-order valence-corrected chi connectivity index (χ0v) is 7.90. The Balaban J connectivity index is 2.89. The van der Waals surface area contributed by atoms with Crippen molar-refractivity contribution in [3.05, 3.63) is 30.1 Å². The molecule has 3 heteroatoms. The summed E-state index contributed by atoms with van der Waals surface area (Å²) in [5.74, 6) is 0. The van der Waals surface area contributed by atoms with Gasteiger partial charge >= 0.3 is 0 Å². The lowest BCUT2D eigenvalue weighted by Gasteiger charge is -2.25. The van der Waals surface area contributed by atoms with Crippen molar-refractivity contribution < 1.29 is 5.11 Å². The highest BCUT2D eigenvalue weighted by Crippen LogP contribution is 2.22. The van der Waals surface area contributed by atoms with Gasteiger partial charge in [0.05, 0.1) is 5.69 Å². The number of hydrogen-bond donors (Lipinski definition) is 2. The Morgan fingerprint density at radius 1 is 1.54 bits per heavy atom. The van der Waals surface area contributed by atoms with Crippen molar-refractivity contribution in [2.45, 2.75) is 25.4 Å². The summed E-state index contributed by atoms with van der Waals surface area (Å²) >= 11 is 0. The summed E-state index contributed by atoms with van der Waals surface area (Å²) in [6.07, 6.45) is 3.22. The van der Waals surface area contributed by atoms with Gasteiger partial charge in [-0.25, -0.2) is 0 Å². The normalized spacial score (nSPS) is 15.3. The number of pyridine rings is 1. The minimum atomic E-state index is -0.948. The van der Waals surface area contributed by atoms with Crippen LogP contribution in [0.4, 0.5) is 0 Å². The van der Waals surface area contributed by atoms with Gasteiger partial charge in [-0.2, -0.15) is 0 Å². The van der Waals surface area contributed by atoms with E-state index >= 15 is 0 Å². The Bertz CT molecular complexity index is 250. The zero-order valence-electron chi connectivity index (χ0n) is 7.90. The summed E-state index contributed by atoms with van der Waals surface area (Å²) in [4.78, 5) is 4.11. The molecule has 3 N–H and O–H groups in total. The second kappa shape index (κ2) is 4.35. The van der Waals surface area contributed by atoms with Crippen molar-refractivity contribution in [1.82, 2.24) is 4.98 Å². The van der Waals surface area contributed by atoms with Crippen LogP contribution in [0.2, 0.25) is 0 Å². The molecule has 0 aromatic carbocycles. The molecule has 0 saturated heterocycles. The molecule has 1 aromatic heterocycles. The van der Waals surface area contributed by atoms with E-state index in [1.54, 1.807) is 6.20 Å². The lowest BCUT2D eigenvalue weighted by molar-refractivity contribution is 0.0316. The average Bonchev–Trinajstić information content (AvgIpc) is 2.19. The van der Waals surface area contributed by atoms with Crippen LogP contribution in [-0.2, 0) is 5.60 Å². The Morgan fingerprint density at radius 3 is 2.77 bits per heavy atom. The number of rotatable bonds is 4. The zero-order chi connectivity index (χ0) is 9.73. The highest BCUT2D eigenvalue weighted by atomic mass is 16.3. The largest absolute Gasteiger partial charge is 0.382 e. The average molecular weight is 180 g/mol. The molecule has 13 heavy (non-hydrogen) atoms. The van der Waals surface area contributed by atoms with Crippen LogP contribution >= 0.6 is 0 Å². The lowest BCUT2D eigenvalue weighted by atomic mass is 9.94. The molecule has 0 radical (unpaired) electrons. The Morgan fingerprint density at radius 2 is 2.31 bits per heavy atom. The Kier molecular flexibility index (Phi) is 3.39. The molecule has 0 fully saturated rings. The molecule has 0 aliphatic rings. The van der Waals surface area contributed by atoms with Crippen LogP contribution in [0.15, 0.2) is 24.4 Å². The summed E-state index contributed by atoms with van der Waals surface area (Å²) in [5, 5.41) is 10.1. The fourth-order valence-electron chi connectivity index (χ4n) is 1.39. The first-order valence-electron chi connectivity index (χ1n) is 4.57. The van der Waals surface area contributed by atoms with Crippen LogP contribution in [0.25, 0.3) is 0 Å². The van der Waals surface area contributed by atoms with Crippen molar-refractivity contribution >= 4 is 0 Å². The van der Waals surface area contributed by atoms with Gasteiger partial charge in [-0.1, -0.05) is 19.4 Å². The van der Waals surface area contributed by atoms with E-state index in [-0.39, 0.29) is 6.54 Å². The highest BCUT2D eigenvalue weighted by molar-refractivity contribution is 5.13. The predicted octanol–water partition coefficient (Wildman–Crippen LogP) is 1.03. The summed E-state index contributed by atoms with van der Waals surface area (Å²) < 4.78 is 0. The molecular formula is C10H16N2O. The summed E-state index contributed by atoms with van der Waals surface area (Å²) in [6.45, 7) is 2.24. The van der Waals surface area contributed by atoms with Crippen LogP contribution in [0.3, 0.4) is 0 Å². The van der Waals surface area contributed by atoms with E-state index < -0.39 is 5.60 Å². The summed E-state index contributed by atoms with van der Waals surface area (Å²) in [5.41, 5.74) is 5.25. The molecule has 1 atom stereocenters. The maximum absolute atomic E-state index is 10.1. The van der Waals surface area contributed by atoms with Gasteiger partial charge in [-0.15, -0.1) is 0 Å². The van der Waals surface area contributed by atoms with Gasteiger partial charge in [0.25, 0.3) is 0 Å². The minimum Gasteiger partial charge on any atom is -0.382 e. The van der Waals surface area contributed by atoms with E-state index in [2.05, 4.69) is 4.98 Å². The first-order chi connectivity index (χ1) is 6.23. The van der Waals surface area contributed by atoms with Gasteiger partial charge in [-0.3, -0.25) is 4.98 Å². The van der Waals surface area contributed by atoms with Gasteiger partial charge in [0, 0.05) is 12.7 Å². The fourth-order valence-corrected chi connectivity index (χ4v) is 1.39. The van der Waals surface area contributed by atoms with Crippen LogP contribution in [0, 0.1) is 0 Å². The summed E-state index contributed by atoms with van der Waals surface area (Å²) in [7, 11) is 0. The van der Waals surface area contributed by atoms with Gasteiger partial charge in [0.1, 0.15) is 5.60 Å². The Labute approximate surface area is 78.6 Å². The predicted molar refractivity (Wildman–Crippen MR) is 52.1 cm³/mol. The van der Waals surface area contributed by atoms with Gasteiger partial charge in [0.2, 0.25) is 0 Å². The molecule has 0 aliphatic heterocycles. The molecule has 0 amide bonds. The van der Waals surface area contributed by atoms with Crippen LogP contribution in [0.5, 0.6) is 0 Å². The van der Waals surface area contributed by atoms with Gasteiger partial charge < -0.3 is 10.8 Å². The second-order valence-corrected chi connectivity index (χ2v) is 3.20. The maximum atomic E-state index is 10.1. The second-order valence-electron chi connectivity index (χ2n) is 3.20. The van der Waals surface area contributed by atoms with Gasteiger partial charge in [0.15, 0.2) is 0 Å². The number of nitrogens with two attached hydrogens (primary N) is 1. The van der Waals surface area contributed by atoms with Crippen molar-refractivity contribution in [1.29, 1.82) is 0 Å². The van der Waals surface area contributed by atoms with Crippen molar-refractivity contribution in [3.63, 3.8) is 0 Å². The molecule has 1 unspecified atom stereocenters. The molecule has 3 nitrogen and oxygen atoms in total. The van der Waals surface area contributed by atoms with Crippen molar-refractivity contribution in [2.24, 2.45) is 5.73 Å². The van der Waals surface area contributed by atoms with Crippen LogP contribution in [-0.4, -0.2) is 16.6 Å². The van der Waals surface area contributed by atoms with E-state index in [0.717, 1.165) is 6.42 Å². The summed E-state index contributed by atoms with van der Waals surface area (Å²) in [6, 6.07) is 5.49. The molecule has 1 aromatic rings. The monoisotopic (exact) mass is 180 g/mol. The topological polar surface area (TPSA) is 59.1 Å². The molecular weight excluding hydrogens is 164 g/mol. The van der Waals surface area contributed by atoms with Crippen molar-refractivity contribution in [2.75, 3.05) is 6.54 Å². The molecule has 72 valence electrons. The molecule has 0 spiro atoms. The van der Waals surface area contributed by atoms with Crippen molar-refractivity contribution in [3.8, 4) is 0 Å². The highest BCUT2D eigenvalue weighted by Gasteiger charge is 2.27. The van der Waals surface area contributed by atoms with E-state index in [9.17, 15) is 5.11 Å². The van der Waals surface area contributed by atoms with Crippen LogP contribution in [0.1, 0.15) is 25.5 Å². The van der Waals surface area contributed by atoms with E-state index in [1.807, 2.05) is 25.1 Å². The quantitative estimate of drug-likeness (QED) is 0.727. The number of aromatic nitrogens is 1. The Hall–Kier alpha value is -0.930. The number of nitrogens with zero attached hydrogens (tertiary/aromatic N) is 1.